The van der Waals surface area contributed by atoms with Crippen LogP contribution in [0.5, 0.6) is 11.5 Å². The van der Waals surface area contributed by atoms with Gasteiger partial charge in [0.2, 0.25) is 0 Å². The summed E-state index contributed by atoms with van der Waals surface area (Å²) >= 11 is 0. The van der Waals surface area contributed by atoms with Crippen LogP contribution in [0.1, 0.15) is 5.56 Å². The van der Waals surface area contributed by atoms with Crippen LogP contribution in [0.2, 0.25) is 0 Å². The van der Waals surface area contributed by atoms with Gasteiger partial charge in [0.1, 0.15) is 17.8 Å². The molecule has 0 radical (unpaired) electrons. The molecule has 0 unspecified atom stereocenters. The number of methoxy groups -OCH3 is 2. The fraction of sp³-hybridized carbons (Fsp3) is 0.267. The van der Waals surface area contributed by atoms with Crippen molar-refractivity contribution in [2.24, 2.45) is 0 Å². The van der Waals surface area contributed by atoms with Gasteiger partial charge in [-0.3, -0.25) is 0 Å². The van der Waals surface area contributed by atoms with E-state index in [-0.39, 0.29) is 6.03 Å². The molecule has 0 aliphatic carbocycles. The summed E-state index contributed by atoms with van der Waals surface area (Å²) in [4.78, 5) is 19.7. The summed E-state index contributed by atoms with van der Waals surface area (Å²) in [6.07, 6.45) is 5.58. The molecular weight excluding hydrogens is 284 g/mol. The number of ether oxygens (including phenoxy) is 2. The molecule has 116 valence electrons. The summed E-state index contributed by atoms with van der Waals surface area (Å²) in [6.45, 7) is 0.486. The van der Waals surface area contributed by atoms with Gasteiger partial charge in [-0.25, -0.2) is 14.8 Å². The number of nitrogens with one attached hydrogen (secondary N) is 2. The summed E-state index contributed by atoms with van der Waals surface area (Å²) in [6, 6.07) is 4.87. The van der Waals surface area contributed by atoms with Crippen LogP contribution in [0.25, 0.3) is 0 Å². The van der Waals surface area contributed by atoms with Crippen LogP contribution in [0.15, 0.2) is 36.9 Å². The maximum Gasteiger partial charge on any atom is 0.319 e. The van der Waals surface area contributed by atoms with Crippen molar-refractivity contribution in [1.29, 1.82) is 0 Å². The molecule has 0 aliphatic rings. The largest absolute Gasteiger partial charge is 0.497 e. The van der Waals surface area contributed by atoms with Crippen molar-refractivity contribution in [3.05, 3.63) is 42.5 Å². The van der Waals surface area contributed by atoms with Crippen molar-refractivity contribution in [3.63, 3.8) is 0 Å². The Bertz CT molecular complexity index is 597. The maximum atomic E-state index is 11.9. The third-order valence-electron chi connectivity index (χ3n) is 2.92. The zero-order valence-electron chi connectivity index (χ0n) is 12.5. The lowest BCUT2D eigenvalue weighted by Gasteiger charge is -2.10. The average Bonchev–Trinajstić information content (AvgIpc) is 2.55. The first-order chi connectivity index (χ1) is 10.7. The van der Waals surface area contributed by atoms with Gasteiger partial charge in [0.25, 0.3) is 0 Å². The molecule has 2 amide bonds. The monoisotopic (exact) mass is 302 g/mol. The van der Waals surface area contributed by atoms with Crippen molar-refractivity contribution in [2.75, 3.05) is 26.1 Å². The van der Waals surface area contributed by atoms with Gasteiger partial charge in [-0.1, -0.05) is 0 Å². The highest BCUT2D eigenvalue weighted by atomic mass is 16.5. The zero-order valence-corrected chi connectivity index (χ0v) is 12.5. The van der Waals surface area contributed by atoms with Gasteiger partial charge >= 0.3 is 6.03 Å². The van der Waals surface area contributed by atoms with Crippen LogP contribution >= 0.6 is 0 Å². The lowest BCUT2D eigenvalue weighted by atomic mass is 10.2. The Morgan fingerprint density at radius 1 is 1.09 bits per heavy atom. The van der Waals surface area contributed by atoms with Crippen molar-refractivity contribution in [3.8, 4) is 11.5 Å². The number of rotatable bonds is 6. The van der Waals surface area contributed by atoms with Gasteiger partial charge in [-0.05, 0) is 12.0 Å². The Morgan fingerprint density at radius 2 is 1.73 bits per heavy atom. The second-order valence-corrected chi connectivity index (χ2v) is 4.48. The molecule has 0 fully saturated rings. The van der Waals surface area contributed by atoms with Crippen LogP contribution in [-0.2, 0) is 6.42 Å². The first-order valence-electron chi connectivity index (χ1n) is 6.73. The minimum absolute atomic E-state index is 0.299. The van der Waals surface area contributed by atoms with E-state index in [2.05, 4.69) is 20.6 Å². The molecule has 1 aromatic carbocycles. The molecule has 0 saturated carbocycles. The van der Waals surface area contributed by atoms with Crippen molar-refractivity contribution in [2.45, 2.75) is 6.42 Å². The summed E-state index contributed by atoms with van der Waals surface area (Å²) < 4.78 is 10.3. The minimum Gasteiger partial charge on any atom is -0.497 e. The summed E-state index contributed by atoms with van der Waals surface area (Å²) in [5.41, 5.74) is 1.56. The number of aromatic nitrogens is 2. The summed E-state index contributed by atoms with van der Waals surface area (Å²) in [5.74, 6) is 1.21. The molecule has 0 atom stereocenters. The number of anilines is 1. The van der Waals surface area contributed by atoms with E-state index in [0.717, 1.165) is 5.56 Å². The predicted molar refractivity (Wildman–Crippen MR) is 82.3 cm³/mol. The Morgan fingerprint density at radius 3 is 2.32 bits per heavy atom. The number of urea groups is 1. The highest BCUT2D eigenvalue weighted by Crippen LogP contribution is 2.25. The van der Waals surface area contributed by atoms with Crippen LogP contribution < -0.4 is 20.1 Å². The smallest absolute Gasteiger partial charge is 0.319 e. The molecular formula is C15H18N4O3. The third kappa shape index (κ3) is 4.62. The summed E-state index contributed by atoms with van der Waals surface area (Å²) in [5, 5.41) is 5.50. The topological polar surface area (TPSA) is 85.4 Å². The Hall–Kier alpha value is -2.83. The molecule has 1 heterocycles. The Kier molecular flexibility index (Phi) is 5.53. The van der Waals surface area contributed by atoms with Gasteiger partial charge in [-0.15, -0.1) is 0 Å². The number of nitrogens with zero attached hydrogens (tertiary/aromatic N) is 2. The first-order valence-corrected chi connectivity index (χ1v) is 6.73. The van der Waals surface area contributed by atoms with Crippen molar-refractivity contribution in [1.82, 2.24) is 15.3 Å². The standard InChI is InChI=1S/C15H18N4O3/c1-21-13-5-12(6-14(7-13)22-2)19-15(20)18-4-3-11-8-16-10-17-9-11/h5-10H,3-4H2,1-2H3,(H2,18,19,20). The van der Waals surface area contributed by atoms with E-state index in [1.54, 1.807) is 44.8 Å². The van der Waals surface area contributed by atoms with Crippen LogP contribution in [0.3, 0.4) is 0 Å². The fourth-order valence-corrected chi connectivity index (χ4v) is 1.83. The highest BCUT2D eigenvalue weighted by molar-refractivity contribution is 5.89. The molecule has 22 heavy (non-hydrogen) atoms. The van der Waals surface area contributed by atoms with E-state index in [9.17, 15) is 4.79 Å². The van der Waals surface area contributed by atoms with Crippen molar-refractivity contribution >= 4 is 11.7 Å². The molecule has 0 aliphatic heterocycles. The zero-order chi connectivity index (χ0) is 15.8. The third-order valence-corrected chi connectivity index (χ3v) is 2.92. The van der Waals surface area contributed by atoms with Crippen molar-refractivity contribution < 1.29 is 14.3 Å². The Balaban J connectivity index is 1.86. The summed E-state index contributed by atoms with van der Waals surface area (Å²) in [7, 11) is 3.11. The molecule has 0 spiro atoms. The lowest BCUT2D eigenvalue weighted by Crippen LogP contribution is -2.30. The molecule has 0 bridgehead atoms. The normalized spacial score (nSPS) is 9.91. The predicted octanol–water partition coefficient (Wildman–Crippen LogP) is 1.86. The minimum atomic E-state index is -0.299. The van der Waals surface area contributed by atoms with Crippen LogP contribution in [-0.4, -0.2) is 36.8 Å². The first kappa shape index (κ1) is 15.6. The number of carbonyl (C=O) groups excluding carboxylic acids is 1. The van der Waals surface area contributed by atoms with Gasteiger partial charge in [-0.2, -0.15) is 0 Å². The number of benzene rings is 1. The van der Waals surface area contributed by atoms with E-state index < -0.39 is 0 Å². The van der Waals surface area contributed by atoms with E-state index in [4.69, 9.17) is 9.47 Å². The van der Waals surface area contributed by atoms with E-state index in [1.807, 2.05) is 0 Å². The van der Waals surface area contributed by atoms with E-state index in [1.165, 1.54) is 6.33 Å². The van der Waals surface area contributed by atoms with Gasteiger partial charge in [0.05, 0.1) is 14.2 Å². The molecule has 7 nitrogen and oxygen atoms in total. The van der Waals surface area contributed by atoms with E-state index in [0.29, 0.717) is 30.2 Å². The second-order valence-electron chi connectivity index (χ2n) is 4.48. The number of hydrogen-bond acceptors (Lipinski definition) is 5. The van der Waals surface area contributed by atoms with Gasteiger partial charge < -0.3 is 20.1 Å². The molecule has 2 N–H and O–H groups in total. The molecule has 2 rings (SSSR count). The molecule has 1 aromatic heterocycles. The van der Waals surface area contributed by atoms with Crippen LogP contribution in [0.4, 0.5) is 10.5 Å². The Labute approximate surface area is 128 Å². The fourth-order valence-electron chi connectivity index (χ4n) is 1.83. The maximum absolute atomic E-state index is 11.9. The second kappa shape index (κ2) is 7.82. The average molecular weight is 302 g/mol. The number of carbonyl (C=O) groups is 1. The lowest BCUT2D eigenvalue weighted by molar-refractivity contribution is 0.252. The van der Waals surface area contributed by atoms with Gasteiger partial charge in [0, 0.05) is 42.8 Å². The highest BCUT2D eigenvalue weighted by Gasteiger charge is 2.05. The molecule has 2 aromatic rings. The van der Waals surface area contributed by atoms with Crippen LogP contribution in [0, 0.1) is 0 Å². The van der Waals surface area contributed by atoms with Gasteiger partial charge in [0.15, 0.2) is 0 Å². The van der Waals surface area contributed by atoms with E-state index >= 15 is 0 Å². The molecule has 7 heteroatoms. The number of amides is 2. The number of hydrogen-bond donors (Lipinski definition) is 2. The molecule has 0 saturated heterocycles. The quantitative estimate of drug-likeness (QED) is 0.850. The SMILES string of the molecule is COc1cc(NC(=O)NCCc2cncnc2)cc(OC)c1.